The molecule has 1 atom stereocenters. The van der Waals surface area contributed by atoms with Crippen LogP contribution in [0.2, 0.25) is 0 Å². The van der Waals surface area contributed by atoms with Crippen LogP contribution in [0.25, 0.3) is 0 Å². The molecule has 1 unspecified atom stereocenters. The van der Waals surface area contributed by atoms with E-state index < -0.39 is 0 Å². The summed E-state index contributed by atoms with van der Waals surface area (Å²) in [5.41, 5.74) is 7.19. The van der Waals surface area contributed by atoms with Crippen molar-refractivity contribution in [1.82, 2.24) is 0 Å². The molecule has 0 fully saturated rings. The smallest absolute Gasteiger partial charge is 0.105 e. The molecule has 0 radical (unpaired) electrons. The van der Waals surface area contributed by atoms with E-state index in [-0.39, 0.29) is 6.04 Å². The molecule has 0 aliphatic heterocycles. The van der Waals surface area contributed by atoms with Gasteiger partial charge in [-0.1, -0.05) is 6.07 Å². The molecule has 2 heterocycles. The van der Waals surface area contributed by atoms with Crippen LogP contribution in [-0.2, 0) is 6.42 Å². The Labute approximate surface area is 87.4 Å². The highest BCUT2D eigenvalue weighted by atomic mass is 32.1. The van der Waals surface area contributed by atoms with Crippen molar-refractivity contribution in [2.24, 2.45) is 5.73 Å². The van der Waals surface area contributed by atoms with E-state index in [1.807, 2.05) is 13.0 Å². The minimum absolute atomic E-state index is 0.0485. The summed E-state index contributed by atoms with van der Waals surface area (Å²) in [6.45, 7) is 1.95. The number of rotatable bonds is 3. The van der Waals surface area contributed by atoms with E-state index >= 15 is 0 Å². The molecule has 0 amide bonds. The van der Waals surface area contributed by atoms with Crippen LogP contribution in [0.5, 0.6) is 0 Å². The molecule has 0 bridgehead atoms. The van der Waals surface area contributed by atoms with Crippen molar-refractivity contribution in [1.29, 1.82) is 0 Å². The first-order valence-corrected chi connectivity index (χ1v) is 5.47. The van der Waals surface area contributed by atoms with Crippen molar-refractivity contribution in [2.75, 3.05) is 0 Å². The van der Waals surface area contributed by atoms with Crippen LogP contribution in [0.1, 0.15) is 22.2 Å². The third kappa shape index (κ3) is 1.89. The summed E-state index contributed by atoms with van der Waals surface area (Å²) in [5.74, 6) is 0.925. The van der Waals surface area contributed by atoms with Gasteiger partial charge in [0, 0.05) is 22.9 Å². The monoisotopic (exact) mass is 207 g/mol. The highest BCUT2D eigenvalue weighted by Gasteiger charge is 2.11. The van der Waals surface area contributed by atoms with Gasteiger partial charge in [0.15, 0.2) is 0 Å². The zero-order chi connectivity index (χ0) is 9.97. The lowest BCUT2D eigenvalue weighted by Gasteiger charge is -2.08. The maximum Gasteiger partial charge on any atom is 0.105 e. The Kier molecular flexibility index (Phi) is 2.70. The molecule has 0 spiro atoms. The lowest BCUT2D eigenvalue weighted by Crippen LogP contribution is -2.12. The number of hydrogen-bond acceptors (Lipinski definition) is 3. The second-order valence-corrected chi connectivity index (χ2v) is 4.35. The second-order valence-electron chi connectivity index (χ2n) is 3.32. The maximum atomic E-state index is 6.08. The molecule has 0 saturated heterocycles. The van der Waals surface area contributed by atoms with Gasteiger partial charge in [0.1, 0.15) is 5.76 Å². The number of furan rings is 1. The molecule has 0 aliphatic rings. The van der Waals surface area contributed by atoms with Crippen molar-refractivity contribution in [2.45, 2.75) is 19.4 Å². The van der Waals surface area contributed by atoms with Gasteiger partial charge in [-0.15, -0.1) is 11.3 Å². The van der Waals surface area contributed by atoms with Gasteiger partial charge in [0.05, 0.1) is 6.26 Å². The lowest BCUT2D eigenvalue weighted by molar-refractivity contribution is 0.524. The first-order chi connectivity index (χ1) is 6.77. The van der Waals surface area contributed by atoms with Crippen molar-refractivity contribution in [3.8, 4) is 0 Å². The zero-order valence-electron chi connectivity index (χ0n) is 8.07. The molecule has 2 N–H and O–H groups in total. The van der Waals surface area contributed by atoms with Gasteiger partial charge in [-0.3, -0.25) is 0 Å². The lowest BCUT2D eigenvalue weighted by atomic mass is 10.1. The number of hydrogen-bond donors (Lipinski definition) is 1. The van der Waals surface area contributed by atoms with Gasteiger partial charge in [-0.2, -0.15) is 0 Å². The average Bonchev–Trinajstić information content (AvgIpc) is 2.75. The Morgan fingerprint density at radius 2 is 2.36 bits per heavy atom. The van der Waals surface area contributed by atoms with Crippen molar-refractivity contribution in [3.63, 3.8) is 0 Å². The molecule has 14 heavy (non-hydrogen) atoms. The minimum atomic E-state index is 0.0485. The quantitative estimate of drug-likeness (QED) is 0.840. The summed E-state index contributed by atoms with van der Waals surface area (Å²) in [6.07, 6.45) is 2.58. The summed E-state index contributed by atoms with van der Waals surface area (Å²) in [6, 6.07) is 6.16. The normalized spacial score (nSPS) is 13.0. The Balaban J connectivity index is 2.10. The topological polar surface area (TPSA) is 39.2 Å². The van der Waals surface area contributed by atoms with E-state index in [2.05, 4.69) is 17.5 Å². The fourth-order valence-electron chi connectivity index (χ4n) is 1.53. The van der Waals surface area contributed by atoms with Crippen LogP contribution < -0.4 is 5.73 Å². The molecule has 3 heteroatoms. The summed E-state index contributed by atoms with van der Waals surface area (Å²) in [7, 11) is 0. The summed E-state index contributed by atoms with van der Waals surface area (Å²) in [4.78, 5) is 1.32. The highest BCUT2D eigenvalue weighted by molar-refractivity contribution is 7.09. The summed E-state index contributed by atoms with van der Waals surface area (Å²) < 4.78 is 5.23. The van der Waals surface area contributed by atoms with Crippen LogP contribution in [-0.4, -0.2) is 0 Å². The third-order valence-corrected chi connectivity index (χ3v) is 3.20. The van der Waals surface area contributed by atoms with Crippen molar-refractivity contribution >= 4 is 11.3 Å². The first kappa shape index (κ1) is 9.49. The zero-order valence-corrected chi connectivity index (χ0v) is 8.88. The molecule has 74 valence electrons. The Bertz CT molecular complexity index is 391. The van der Waals surface area contributed by atoms with Crippen LogP contribution >= 0.6 is 11.3 Å². The average molecular weight is 207 g/mol. The molecular formula is C11H13NOS. The van der Waals surface area contributed by atoms with E-state index in [9.17, 15) is 0 Å². The van der Waals surface area contributed by atoms with Crippen LogP contribution in [0.3, 0.4) is 0 Å². The standard InChI is InChI=1S/C11H13NOS/c1-8-10(4-5-13-8)11(12)7-9-3-2-6-14-9/h2-6,11H,7,12H2,1H3. The first-order valence-electron chi connectivity index (χ1n) is 4.59. The molecule has 0 aromatic carbocycles. The van der Waals surface area contributed by atoms with Gasteiger partial charge >= 0.3 is 0 Å². The third-order valence-electron chi connectivity index (χ3n) is 2.30. The van der Waals surface area contributed by atoms with E-state index in [1.54, 1.807) is 17.6 Å². The van der Waals surface area contributed by atoms with E-state index in [0.717, 1.165) is 17.7 Å². The van der Waals surface area contributed by atoms with E-state index in [1.165, 1.54) is 4.88 Å². The fourth-order valence-corrected chi connectivity index (χ4v) is 2.30. The Morgan fingerprint density at radius 1 is 1.50 bits per heavy atom. The van der Waals surface area contributed by atoms with Crippen molar-refractivity contribution < 1.29 is 4.42 Å². The number of nitrogens with two attached hydrogens (primary N) is 1. The van der Waals surface area contributed by atoms with Crippen LogP contribution in [0.15, 0.2) is 34.3 Å². The van der Waals surface area contributed by atoms with Gasteiger partial charge in [0.25, 0.3) is 0 Å². The van der Waals surface area contributed by atoms with Gasteiger partial charge < -0.3 is 10.2 Å². The largest absolute Gasteiger partial charge is 0.469 e. The van der Waals surface area contributed by atoms with Gasteiger partial charge in [-0.25, -0.2) is 0 Å². The predicted molar refractivity (Wildman–Crippen MR) is 58.4 cm³/mol. The SMILES string of the molecule is Cc1occc1C(N)Cc1cccs1. The summed E-state index contributed by atoms with van der Waals surface area (Å²) >= 11 is 1.74. The number of thiophene rings is 1. The Hall–Kier alpha value is -1.06. The second kappa shape index (κ2) is 3.98. The molecular weight excluding hydrogens is 194 g/mol. The molecule has 0 saturated carbocycles. The minimum Gasteiger partial charge on any atom is -0.469 e. The molecule has 2 nitrogen and oxygen atoms in total. The van der Waals surface area contributed by atoms with Gasteiger partial charge in [-0.05, 0) is 24.4 Å². The molecule has 2 aromatic heterocycles. The fraction of sp³-hybridized carbons (Fsp3) is 0.273. The molecule has 0 aliphatic carbocycles. The Morgan fingerprint density at radius 3 is 2.93 bits per heavy atom. The molecule has 2 rings (SSSR count). The van der Waals surface area contributed by atoms with Crippen molar-refractivity contribution in [3.05, 3.63) is 46.0 Å². The van der Waals surface area contributed by atoms with Crippen LogP contribution in [0.4, 0.5) is 0 Å². The van der Waals surface area contributed by atoms with Gasteiger partial charge in [0.2, 0.25) is 0 Å². The van der Waals surface area contributed by atoms with Crippen LogP contribution in [0, 0.1) is 6.92 Å². The number of aryl methyl sites for hydroxylation is 1. The predicted octanol–water partition coefficient (Wildman–Crippen LogP) is 2.89. The maximum absolute atomic E-state index is 6.08. The van der Waals surface area contributed by atoms with E-state index in [0.29, 0.717) is 0 Å². The highest BCUT2D eigenvalue weighted by Crippen LogP contribution is 2.22. The summed E-state index contributed by atoms with van der Waals surface area (Å²) in [5, 5.41) is 2.07. The van der Waals surface area contributed by atoms with E-state index in [4.69, 9.17) is 10.2 Å². The molecule has 2 aromatic rings.